The SMILES string of the molecule is CC(C)n1c(SCCn2c(=O)oc3ccccc32)nc2ccccc21. The Morgan fingerprint density at radius 3 is 2.60 bits per heavy atom. The normalized spacial score (nSPS) is 11.8. The summed E-state index contributed by atoms with van der Waals surface area (Å²) in [6.07, 6.45) is 0. The Bertz CT molecular complexity index is 1090. The Labute approximate surface area is 149 Å². The molecule has 0 saturated heterocycles. The monoisotopic (exact) mass is 353 g/mol. The first-order valence-corrected chi connectivity index (χ1v) is 9.32. The first-order valence-electron chi connectivity index (χ1n) is 8.33. The molecule has 6 heteroatoms. The molecule has 0 spiro atoms. The molecular weight excluding hydrogens is 334 g/mol. The van der Waals surface area contributed by atoms with Crippen LogP contribution in [0, 0.1) is 0 Å². The van der Waals surface area contributed by atoms with E-state index >= 15 is 0 Å². The second kappa shape index (κ2) is 6.44. The number of hydrogen-bond acceptors (Lipinski definition) is 4. The number of nitrogens with zero attached hydrogens (tertiary/aromatic N) is 3. The molecule has 2 aromatic carbocycles. The van der Waals surface area contributed by atoms with E-state index in [1.54, 1.807) is 16.3 Å². The van der Waals surface area contributed by atoms with Crippen LogP contribution in [0.3, 0.4) is 0 Å². The van der Waals surface area contributed by atoms with E-state index in [-0.39, 0.29) is 5.76 Å². The molecule has 2 heterocycles. The van der Waals surface area contributed by atoms with Gasteiger partial charge >= 0.3 is 5.76 Å². The highest BCUT2D eigenvalue weighted by Gasteiger charge is 2.14. The molecule has 0 fully saturated rings. The van der Waals surface area contributed by atoms with Crippen molar-refractivity contribution in [2.45, 2.75) is 31.6 Å². The van der Waals surface area contributed by atoms with E-state index in [9.17, 15) is 4.79 Å². The molecule has 0 aliphatic heterocycles. The second-order valence-corrected chi connectivity index (χ2v) is 7.24. The molecule has 5 nitrogen and oxygen atoms in total. The van der Waals surface area contributed by atoms with Gasteiger partial charge in [0.1, 0.15) is 0 Å². The van der Waals surface area contributed by atoms with Crippen molar-refractivity contribution in [1.82, 2.24) is 14.1 Å². The van der Waals surface area contributed by atoms with Crippen LogP contribution in [0.4, 0.5) is 0 Å². The summed E-state index contributed by atoms with van der Waals surface area (Å²) in [6.45, 7) is 4.90. The van der Waals surface area contributed by atoms with Crippen LogP contribution in [0.5, 0.6) is 0 Å². The van der Waals surface area contributed by atoms with Crippen molar-refractivity contribution in [2.75, 3.05) is 5.75 Å². The number of oxazole rings is 1. The molecule has 0 unspecified atom stereocenters. The third kappa shape index (κ3) is 2.87. The molecule has 0 atom stereocenters. The lowest BCUT2D eigenvalue weighted by molar-refractivity contribution is 0.514. The zero-order valence-corrected chi connectivity index (χ0v) is 15.0. The number of aromatic nitrogens is 3. The Kier molecular flexibility index (Phi) is 4.13. The Morgan fingerprint density at radius 1 is 1.08 bits per heavy atom. The summed E-state index contributed by atoms with van der Waals surface area (Å²) >= 11 is 1.67. The van der Waals surface area contributed by atoms with Gasteiger partial charge in [0, 0.05) is 18.3 Å². The number of rotatable bonds is 5. The quantitative estimate of drug-likeness (QED) is 0.502. The fourth-order valence-electron chi connectivity index (χ4n) is 3.08. The van der Waals surface area contributed by atoms with Gasteiger partial charge in [-0.05, 0) is 38.1 Å². The van der Waals surface area contributed by atoms with Crippen molar-refractivity contribution < 1.29 is 4.42 Å². The van der Waals surface area contributed by atoms with Crippen LogP contribution in [-0.2, 0) is 6.54 Å². The smallest absolute Gasteiger partial charge is 0.408 e. The number of aryl methyl sites for hydroxylation is 1. The molecule has 4 aromatic rings. The third-order valence-corrected chi connectivity index (χ3v) is 5.13. The molecule has 25 heavy (non-hydrogen) atoms. The van der Waals surface area contributed by atoms with Gasteiger partial charge in [0.2, 0.25) is 0 Å². The van der Waals surface area contributed by atoms with Crippen LogP contribution < -0.4 is 5.76 Å². The number of thioether (sulfide) groups is 1. The average molecular weight is 353 g/mol. The Balaban J connectivity index is 1.59. The first kappa shape index (κ1) is 16.0. The summed E-state index contributed by atoms with van der Waals surface area (Å²) < 4.78 is 9.22. The number of hydrogen-bond donors (Lipinski definition) is 0. The molecule has 0 saturated carbocycles. The van der Waals surface area contributed by atoms with Crippen LogP contribution in [-0.4, -0.2) is 19.9 Å². The minimum Gasteiger partial charge on any atom is -0.408 e. The molecule has 2 aromatic heterocycles. The zero-order valence-electron chi connectivity index (χ0n) is 14.2. The molecule has 0 aliphatic carbocycles. The summed E-state index contributed by atoms with van der Waals surface area (Å²) in [7, 11) is 0. The molecule has 4 rings (SSSR count). The van der Waals surface area contributed by atoms with Gasteiger partial charge in [-0.15, -0.1) is 0 Å². The van der Waals surface area contributed by atoms with Crippen molar-refractivity contribution in [2.24, 2.45) is 0 Å². The highest BCUT2D eigenvalue weighted by molar-refractivity contribution is 7.99. The lowest BCUT2D eigenvalue weighted by Gasteiger charge is -2.12. The maximum Gasteiger partial charge on any atom is 0.419 e. The van der Waals surface area contributed by atoms with E-state index in [4.69, 9.17) is 9.40 Å². The van der Waals surface area contributed by atoms with Gasteiger partial charge in [0.15, 0.2) is 10.7 Å². The molecule has 0 amide bonds. The van der Waals surface area contributed by atoms with E-state index in [2.05, 4.69) is 24.5 Å². The van der Waals surface area contributed by atoms with Crippen molar-refractivity contribution in [3.05, 3.63) is 59.1 Å². The first-order chi connectivity index (χ1) is 12.1. The van der Waals surface area contributed by atoms with E-state index in [1.165, 1.54) is 0 Å². The van der Waals surface area contributed by atoms with Crippen molar-refractivity contribution in [3.63, 3.8) is 0 Å². The van der Waals surface area contributed by atoms with E-state index in [0.29, 0.717) is 18.2 Å². The number of imidazole rings is 1. The molecule has 128 valence electrons. The molecule has 0 bridgehead atoms. The minimum atomic E-state index is -0.306. The van der Waals surface area contributed by atoms with Gasteiger partial charge in [-0.25, -0.2) is 9.78 Å². The average Bonchev–Trinajstić information content (AvgIpc) is 3.12. The van der Waals surface area contributed by atoms with Gasteiger partial charge in [0.05, 0.1) is 16.6 Å². The van der Waals surface area contributed by atoms with Crippen molar-refractivity contribution in [1.29, 1.82) is 0 Å². The summed E-state index contributed by atoms with van der Waals surface area (Å²) in [5, 5.41) is 0.983. The largest absolute Gasteiger partial charge is 0.419 e. The van der Waals surface area contributed by atoms with Gasteiger partial charge in [-0.2, -0.15) is 0 Å². The van der Waals surface area contributed by atoms with Gasteiger partial charge in [-0.1, -0.05) is 36.0 Å². The summed E-state index contributed by atoms with van der Waals surface area (Å²) in [4.78, 5) is 16.8. The van der Waals surface area contributed by atoms with Gasteiger partial charge in [0.25, 0.3) is 0 Å². The predicted molar refractivity (Wildman–Crippen MR) is 101 cm³/mol. The summed E-state index contributed by atoms with van der Waals surface area (Å²) in [5.74, 6) is 0.443. The third-order valence-electron chi connectivity index (χ3n) is 4.20. The number of fused-ring (bicyclic) bond motifs is 2. The highest BCUT2D eigenvalue weighted by atomic mass is 32.2. The van der Waals surface area contributed by atoms with E-state index in [1.807, 2.05) is 42.5 Å². The van der Waals surface area contributed by atoms with Crippen LogP contribution in [0.15, 0.2) is 62.9 Å². The maximum atomic E-state index is 12.1. The number of benzene rings is 2. The molecular formula is C19H19N3O2S. The highest BCUT2D eigenvalue weighted by Crippen LogP contribution is 2.27. The van der Waals surface area contributed by atoms with Crippen LogP contribution in [0.1, 0.15) is 19.9 Å². The predicted octanol–water partition coefficient (Wildman–Crippen LogP) is 4.32. The molecule has 0 aliphatic rings. The lowest BCUT2D eigenvalue weighted by Crippen LogP contribution is -2.15. The lowest BCUT2D eigenvalue weighted by atomic mass is 10.3. The van der Waals surface area contributed by atoms with Crippen molar-refractivity contribution in [3.8, 4) is 0 Å². The van der Waals surface area contributed by atoms with Crippen molar-refractivity contribution >= 4 is 33.9 Å². The van der Waals surface area contributed by atoms with E-state index < -0.39 is 0 Å². The van der Waals surface area contributed by atoms with Gasteiger partial charge in [-0.3, -0.25) is 4.57 Å². The molecule has 0 N–H and O–H groups in total. The maximum absolute atomic E-state index is 12.1. The summed E-state index contributed by atoms with van der Waals surface area (Å²) in [6, 6.07) is 16.0. The second-order valence-electron chi connectivity index (χ2n) is 6.18. The Morgan fingerprint density at radius 2 is 1.80 bits per heavy atom. The standard InChI is InChI=1S/C19H19N3O2S/c1-13(2)22-15-8-4-3-7-14(15)20-18(22)25-12-11-21-16-9-5-6-10-17(16)24-19(21)23/h3-10,13H,11-12H2,1-2H3. The zero-order chi connectivity index (χ0) is 17.4. The topological polar surface area (TPSA) is 53.0 Å². The fraction of sp³-hybridized carbons (Fsp3) is 0.263. The Hall–Kier alpha value is -2.47. The van der Waals surface area contributed by atoms with Gasteiger partial charge < -0.3 is 8.98 Å². The molecule has 0 radical (unpaired) electrons. The number of para-hydroxylation sites is 4. The summed E-state index contributed by atoms with van der Waals surface area (Å²) in [5.41, 5.74) is 3.62. The fourth-order valence-corrected chi connectivity index (χ4v) is 4.14. The van der Waals surface area contributed by atoms with Crippen LogP contribution in [0.25, 0.3) is 22.1 Å². The van der Waals surface area contributed by atoms with Crippen LogP contribution >= 0.6 is 11.8 Å². The minimum absolute atomic E-state index is 0.306. The van der Waals surface area contributed by atoms with E-state index in [0.717, 1.165) is 27.5 Å². The van der Waals surface area contributed by atoms with Crippen LogP contribution in [0.2, 0.25) is 0 Å².